The Morgan fingerprint density at radius 1 is 1.30 bits per heavy atom. The molecule has 3 N–H and O–H groups in total. The van der Waals surface area contributed by atoms with Gasteiger partial charge in [-0.2, -0.15) is 0 Å². The number of guanidine groups is 1. The molecule has 0 saturated carbocycles. The molecule has 0 aromatic heterocycles. The van der Waals surface area contributed by atoms with Crippen LogP contribution in [0.1, 0.15) is 41.0 Å². The summed E-state index contributed by atoms with van der Waals surface area (Å²) in [6.45, 7) is 12.6. The first kappa shape index (κ1) is 18.5. The SMILES string of the molecule is CCOC(=O)NC(CN=C(N)N(CC)CC)CC(C)C. The highest BCUT2D eigenvalue weighted by Crippen LogP contribution is 2.06. The lowest BCUT2D eigenvalue weighted by Crippen LogP contribution is -2.41. The maximum absolute atomic E-state index is 11.5. The highest BCUT2D eigenvalue weighted by Gasteiger charge is 2.15. The summed E-state index contributed by atoms with van der Waals surface area (Å²) < 4.78 is 4.91. The highest BCUT2D eigenvalue weighted by molar-refractivity contribution is 5.78. The number of nitrogens with two attached hydrogens (primary N) is 1. The lowest BCUT2D eigenvalue weighted by atomic mass is 10.0. The van der Waals surface area contributed by atoms with Crippen LogP contribution in [-0.2, 0) is 4.74 Å². The summed E-state index contributed by atoms with van der Waals surface area (Å²) in [6, 6.07) is -0.0526. The molecule has 6 nitrogen and oxygen atoms in total. The minimum atomic E-state index is -0.394. The van der Waals surface area contributed by atoms with E-state index in [1.165, 1.54) is 0 Å². The molecule has 1 atom stereocenters. The van der Waals surface area contributed by atoms with Gasteiger partial charge in [-0.15, -0.1) is 0 Å². The van der Waals surface area contributed by atoms with Gasteiger partial charge in [-0.05, 0) is 33.1 Å². The molecule has 0 spiro atoms. The fourth-order valence-corrected chi connectivity index (χ4v) is 1.94. The summed E-state index contributed by atoms with van der Waals surface area (Å²) in [6.07, 6.45) is 0.447. The summed E-state index contributed by atoms with van der Waals surface area (Å²) in [4.78, 5) is 17.9. The van der Waals surface area contributed by atoms with Crippen LogP contribution in [0.15, 0.2) is 4.99 Å². The number of aliphatic imine (C=N–C) groups is 1. The number of ether oxygens (including phenoxy) is 1. The van der Waals surface area contributed by atoms with Gasteiger partial charge in [0.1, 0.15) is 0 Å². The van der Waals surface area contributed by atoms with Crippen LogP contribution in [-0.4, -0.2) is 49.2 Å². The average molecular weight is 286 g/mol. The minimum Gasteiger partial charge on any atom is -0.450 e. The van der Waals surface area contributed by atoms with Crippen molar-refractivity contribution in [2.24, 2.45) is 16.6 Å². The van der Waals surface area contributed by atoms with Gasteiger partial charge in [0.05, 0.1) is 19.2 Å². The number of nitrogens with zero attached hydrogens (tertiary/aromatic N) is 2. The topological polar surface area (TPSA) is 79.9 Å². The van der Waals surface area contributed by atoms with E-state index in [1.54, 1.807) is 6.92 Å². The maximum atomic E-state index is 11.5. The zero-order valence-corrected chi connectivity index (χ0v) is 13.5. The second-order valence-electron chi connectivity index (χ2n) is 5.06. The van der Waals surface area contributed by atoms with Gasteiger partial charge in [0.2, 0.25) is 0 Å². The van der Waals surface area contributed by atoms with E-state index in [1.807, 2.05) is 18.7 Å². The number of hydrogen-bond acceptors (Lipinski definition) is 3. The van der Waals surface area contributed by atoms with Crippen molar-refractivity contribution >= 4 is 12.1 Å². The van der Waals surface area contributed by atoms with E-state index in [2.05, 4.69) is 24.2 Å². The van der Waals surface area contributed by atoms with Crippen molar-refractivity contribution in [3.63, 3.8) is 0 Å². The number of carbonyl (C=O) groups is 1. The van der Waals surface area contributed by atoms with Gasteiger partial charge < -0.3 is 20.7 Å². The van der Waals surface area contributed by atoms with Crippen molar-refractivity contribution in [3.8, 4) is 0 Å². The molecule has 0 aromatic carbocycles. The van der Waals surface area contributed by atoms with E-state index in [9.17, 15) is 4.79 Å². The molecule has 0 rings (SSSR count). The molecule has 0 bridgehead atoms. The van der Waals surface area contributed by atoms with Gasteiger partial charge in [0, 0.05) is 13.1 Å². The van der Waals surface area contributed by atoms with E-state index >= 15 is 0 Å². The molecule has 0 radical (unpaired) electrons. The van der Waals surface area contributed by atoms with E-state index < -0.39 is 6.09 Å². The molecule has 1 amide bonds. The Labute approximate surface area is 122 Å². The molecular formula is C14H30N4O2. The van der Waals surface area contributed by atoms with Crippen LogP contribution >= 0.6 is 0 Å². The molecular weight excluding hydrogens is 256 g/mol. The molecule has 0 aliphatic rings. The van der Waals surface area contributed by atoms with Crippen LogP contribution in [0.25, 0.3) is 0 Å². The standard InChI is InChI=1S/C14H30N4O2/c1-6-18(7-2)13(15)16-10-12(9-11(4)5)17-14(19)20-8-3/h11-12H,6-10H2,1-5H3,(H2,15,16)(H,17,19). The highest BCUT2D eigenvalue weighted by atomic mass is 16.5. The van der Waals surface area contributed by atoms with E-state index in [0.717, 1.165) is 19.5 Å². The van der Waals surface area contributed by atoms with Crippen LogP contribution in [0.2, 0.25) is 0 Å². The van der Waals surface area contributed by atoms with E-state index in [4.69, 9.17) is 10.5 Å². The first-order chi connectivity index (χ1) is 9.44. The summed E-state index contributed by atoms with van der Waals surface area (Å²) in [5.41, 5.74) is 5.94. The van der Waals surface area contributed by atoms with Crippen LogP contribution < -0.4 is 11.1 Å². The Morgan fingerprint density at radius 3 is 2.35 bits per heavy atom. The Balaban J connectivity index is 4.56. The second kappa shape index (κ2) is 10.3. The van der Waals surface area contributed by atoms with Crippen LogP contribution in [0.5, 0.6) is 0 Å². The van der Waals surface area contributed by atoms with Crippen LogP contribution in [0.4, 0.5) is 4.79 Å². The number of carbonyl (C=O) groups excluding carboxylic acids is 1. The molecule has 20 heavy (non-hydrogen) atoms. The third kappa shape index (κ3) is 7.86. The molecule has 118 valence electrons. The number of nitrogens with one attached hydrogen (secondary N) is 1. The van der Waals surface area contributed by atoms with Gasteiger partial charge in [-0.1, -0.05) is 13.8 Å². The van der Waals surface area contributed by atoms with Gasteiger partial charge >= 0.3 is 6.09 Å². The third-order valence-corrected chi connectivity index (χ3v) is 2.91. The summed E-state index contributed by atoms with van der Waals surface area (Å²) in [5, 5.41) is 2.84. The fourth-order valence-electron chi connectivity index (χ4n) is 1.94. The van der Waals surface area contributed by atoms with Crippen molar-refractivity contribution in [3.05, 3.63) is 0 Å². The second-order valence-corrected chi connectivity index (χ2v) is 5.06. The largest absolute Gasteiger partial charge is 0.450 e. The van der Waals surface area contributed by atoms with Gasteiger partial charge in [0.25, 0.3) is 0 Å². The van der Waals surface area contributed by atoms with Crippen molar-refractivity contribution in [2.45, 2.75) is 47.1 Å². The fraction of sp³-hybridized carbons (Fsp3) is 0.857. The van der Waals surface area contributed by atoms with Crippen molar-refractivity contribution in [1.82, 2.24) is 10.2 Å². The number of amides is 1. The Bertz CT molecular complexity index is 302. The normalized spacial score (nSPS) is 13.2. The number of hydrogen-bond donors (Lipinski definition) is 2. The molecule has 6 heteroatoms. The first-order valence-electron chi connectivity index (χ1n) is 7.42. The van der Waals surface area contributed by atoms with Gasteiger partial charge in [0.15, 0.2) is 5.96 Å². The van der Waals surface area contributed by atoms with Crippen LogP contribution in [0, 0.1) is 5.92 Å². The Kier molecular flexibility index (Phi) is 9.59. The Morgan fingerprint density at radius 2 is 1.90 bits per heavy atom. The molecule has 0 heterocycles. The molecule has 0 aliphatic heterocycles. The van der Waals surface area contributed by atoms with E-state index in [-0.39, 0.29) is 6.04 Å². The van der Waals surface area contributed by atoms with Gasteiger partial charge in [-0.3, -0.25) is 4.99 Å². The average Bonchev–Trinajstić information content (AvgIpc) is 2.37. The lowest BCUT2D eigenvalue weighted by Gasteiger charge is -2.22. The summed E-state index contributed by atoms with van der Waals surface area (Å²) in [5.74, 6) is 0.987. The molecule has 0 aromatic rings. The predicted molar refractivity (Wildman–Crippen MR) is 82.8 cm³/mol. The smallest absolute Gasteiger partial charge is 0.407 e. The van der Waals surface area contributed by atoms with Crippen molar-refractivity contribution in [1.29, 1.82) is 0 Å². The third-order valence-electron chi connectivity index (χ3n) is 2.91. The molecule has 0 aliphatic carbocycles. The minimum absolute atomic E-state index is 0.0526. The van der Waals surface area contributed by atoms with Crippen molar-refractivity contribution in [2.75, 3.05) is 26.2 Å². The van der Waals surface area contributed by atoms with Gasteiger partial charge in [-0.25, -0.2) is 4.79 Å². The zero-order chi connectivity index (χ0) is 15.5. The van der Waals surface area contributed by atoms with E-state index in [0.29, 0.717) is 25.0 Å². The maximum Gasteiger partial charge on any atom is 0.407 e. The first-order valence-corrected chi connectivity index (χ1v) is 7.42. The number of alkyl carbamates (subject to hydrolysis) is 1. The number of rotatable bonds is 8. The summed E-state index contributed by atoms with van der Waals surface area (Å²) >= 11 is 0. The monoisotopic (exact) mass is 286 g/mol. The summed E-state index contributed by atoms with van der Waals surface area (Å²) in [7, 11) is 0. The quantitative estimate of drug-likeness (QED) is 0.527. The molecule has 1 unspecified atom stereocenters. The molecule has 0 saturated heterocycles. The zero-order valence-electron chi connectivity index (χ0n) is 13.5. The van der Waals surface area contributed by atoms with Crippen LogP contribution in [0.3, 0.4) is 0 Å². The lowest BCUT2D eigenvalue weighted by molar-refractivity contribution is 0.147. The Hall–Kier alpha value is -1.46. The molecule has 0 fully saturated rings. The predicted octanol–water partition coefficient (Wildman–Crippen LogP) is 1.80. The van der Waals surface area contributed by atoms with Crippen molar-refractivity contribution < 1.29 is 9.53 Å².